The van der Waals surface area contributed by atoms with Crippen molar-refractivity contribution in [2.45, 2.75) is 33.6 Å². The van der Waals surface area contributed by atoms with Crippen molar-refractivity contribution in [1.29, 1.82) is 0 Å². The maximum absolute atomic E-state index is 10.5. The second kappa shape index (κ2) is 7.97. The largest absolute Gasteiger partial charge is 0.456 e. The molecule has 0 rings (SSSR count). The van der Waals surface area contributed by atoms with Gasteiger partial charge >= 0.3 is 5.97 Å². The van der Waals surface area contributed by atoms with E-state index in [0.717, 1.165) is 18.4 Å². The van der Waals surface area contributed by atoms with Crippen LogP contribution in [0.2, 0.25) is 0 Å². The molecule has 0 N–H and O–H groups in total. The molecular weight excluding hydrogens is 192 g/mol. The van der Waals surface area contributed by atoms with Gasteiger partial charge in [-0.2, -0.15) is 0 Å². The van der Waals surface area contributed by atoms with E-state index in [1.165, 1.54) is 5.57 Å². The summed E-state index contributed by atoms with van der Waals surface area (Å²) in [4.78, 5) is 20.4. The van der Waals surface area contributed by atoms with Crippen LogP contribution < -0.4 is 0 Å². The zero-order valence-corrected chi connectivity index (χ0v) is 9.58. The van der Waals surface area contributed by atoms with Gasteiger partial charge in [0.2, 0.25) is 6.29 Å². The van der Waals surface area contributed by atoms with Crippen molar-refractivity contribution in [3.05, 3.63) is 23.3 Å². The molecule has 3 nitrogen and oxygen atoms in total. The Bertz CT molecular complexity index is 271. The highest BCUT2D eigenvalue weighted by atomic mass is 16.5. The molecule has 84 valence electrons. The van der Waals surface area contributed by atoms with Crippen LogP contribution in [0.5, 0.6) is 0 Å². The van der Waals surface area contributed by atoms with Crippen molar-refractivity contribution in [2.75, 3.05) is 6.61 Å². The molecule has 0 aromatic carbocycles. The summed E-state index contributed by atoms with van der Waals surface area (Å²) in [6.45, 7) is 6.28. The second-order valence-corrected chi connectivity index (χ2v) is 3.62. The van der Waals surface area contributed by atoms with Gasteiger partial charge in [-0.3, -0.25) is 4.79 Å². The third-order valence-corrected chi connectivity index (χ3v) is 1.84. The molecule has 0 atom stereocenters. The molecular formula is C12H18O3. The number of hydrogen-bond acceptors (Lipinski definition) is 3. The number of esters is 1. The first-order valence-corrected chi connectivity index (χ1v) is 4.97. The molecule has 0 aliphatic carbocycles. The quantitative estimate of drug-likeness (QED) is 0.292. The van der Waals surface area contributed by atoms with Gasteiger partial charge in [0.15, 0.2) is 0 Å². The molecule has 15 heavy (non-hydrogen) atoms. The molecule has 0 unspecified atom stereocenters. The summed E-state index contributed by atoms with van der Waals surface area (Å²) in [7, 11) is 0. The Morgan fingerprint density at radius 1 is 1.20 bits per heavy atom. The van der Waals surface area contributed by atoms with Crippen molar-refractivity contribution >= 4 is 12.3 Å². The first kappa shape index (κ1) is 13.6. The Labute approximate surface area is 90.8 Å². The van der Waals surface area contributed by atoms with Crippen LogP contribution in [0.25, 0.3) is 0 Å². The minimum absolute atomic E-state index is 0.173. The Morgan fingerprint density at radius 2 is 1.87 bits per heavy atom. The van der Waals surface area contributed by atoms with Gasteiger partial charge in [0, 0.05) is 0 Å². The van der Waals surface area contributed by atoms with E-state index >= 15 is 0 Å². The summed E-state index contributed by atoms with van der Waals surface area (Å²) in [5.74, 6) is -0.816. The second-order valence-electron chi connectivity index (χ2n) is 3.62. The lowest BCUT2D eigenvalue weighted by Crippen LogP contribution is -2.05. The standard InChI is InChI=1S/C12H18O3/c1-10(2)5-4-6-11(3)7-8-15-12(14)9-13/h5,7,9H,4,6,8H2,1-3H3/b11-7+. The van der Waals surface area contributed by atoms with Gasteiger partial charge in [-0.05, 0) is 39.7 Å². The number of hydrogen-bond donors (Lipinski definition) is 0. The van der Waals surface area contributed by atoms with E-state index in [0.29, 0.717) is 0 Å². The molecule has 3 heteroatoms. The van der Waals surface area contributed by atoms with Gasteiger partial charge in [0.25, 0.3) is 0 Å². The van der Waals surface area contributed by atoms with Crippen LogP contribution in [0.1, 0.15) is 33.6 Å². The average molecular weight is 210 g/mol. The van der Waals surface area contributed by atoms with Gasteiger partial charge in [-0.1, -0.05) is 17.2 Å². The van der Waals surface area contributed by atoms with E-state index in [1.54, 1.807) is 0 Å². The molecule has 0 spiro atoms. The minimum atomic E-state index is -0.816. The lowest BCUT2D eigenvalue weighted by Gasteiger charge is -1.99. The van der Waals surface area contributed by atoms with Crippen molar-refractivity contribution in [1.82, 2.24) is 0 Å². The predicted molar refractivity (Wildman–Crippen MR) is 59.4 cm³/mol. The number of ether oxygens (including phenoxy) is 1. The lowest BCUT2D eigenvalue weighted by molar-refractivity contribution is -0.147. The van der Waals surface area contributed by atoms with E-state index in [-0.39, 0.29) is 12.9 Å². The molecule has 0 saturated carbocycles. The highest BCUT2D eigenvalue weighted by Crippen LogP contribution is 2.06. The summed E-state index contributed by atoms with van der Waals surface area (Å²) in [5.41, 5.74) is 2.46. The average Bonchev–Trinajstić information content (AvgIpc) is 2.17. The molecule has 0 aliphatic rings. The van der Waals surface area contributed by atoms with E-state index < -0.39 is 5.97 Å². The zero-order valence-electron chi connectivity index (χ0n) is 9.58. The van der Waals surface area contributed by atoms with Crippen molar-refractivity contribution < 1.29 is 14.3 Å². The summed E-state index contributed by atoms with van der Waals surface area (Å²) in [5, 5.41) is 0. The Kier molecular flexibility index (Phi) is 7.24. The first-order chi connectivity index (χ1) is 7.06. The number of carbonyl (C=O) groups excluding carboxylic acids is 2. The number of rotatable bonds is 6. The topological polar surface area (TPSA) is 43.4 Å². The van der Waals surface area contributed by atoms with Gasteiger partial charge in [-0.25, -0.2) is 4.79 Å². The fourth-order valence-corrected chi connectivity index (χ4v) is 0.991. The van der Waals surface area contributed by atoms with E-state index in [2.05, 4.69) is 24.7 Å². The number of aldehydes is 1. The molecule has 0 radical (unpaired) electrons. The molecule has 0 fully saturated rings. The summed E-state index contributed by atoms with van der Waals surface area (Å²) in [6, 6.07) is 0. The molecule has 0 saturated heterocycles. The maximum atomic E-state index is 10.5. The Morgan fingerprint density at radius 3 is 2.40 bits per heavy atom. The fourth-order valence-electron chi connectivity index (χ4n) is 0.991. The van der Waals surface area contributed by atoms with Gasteiger partial charge in [0.05, 0.1) is 0 Å². The molecule has 0 amide bonds. The first-order valence-electron chi connectivity index (χ1n) is 4.97. The molecule has 0 bridgehead atoms. The van der Waals surface area contributed by atoms with Crippen molar-refractivity contribution in [3.63, 3.8) is 0 Å². The van der Waals surface area contributed by atoms with E-state index in [1.807, 2.05) is 13.0 Å². The monoisotopic (exact) mass is 210 g/mol. The van der Waals surface area contributed by atoms with Crippen LogP contribution in [0.3, 0.4) is 0 Å². The van der Waals surface area contributed by atoms with Crippen LogP contribution in [0.15, 0.2) is 23.3 Å². The maximum Gasteiger partial charge on any atom is 0.371 e. The Balaban J connectivity index is 3.74. The van der Waals surface area contributed by atoms with Gasteiger partial charge in [-0.15, -0.1) is 0 Å². The fraction of sp³-hybridized carbons (Fsp3) is 0.500. The molecule has 0 aromatic rings. The van der Waals surface area contributed by atoms with E-state index in [9.17, 15) is 9.59 Å². The van der Waals surface area contributed by atoms with Crippen LogP contribution in [0.4, 0.5) is 0 Å². The zero-order chi connectivity index (χ0) is 11.7. The summed E-state index contributed by atoms with van der Waals surface area (Å²) >= 11 is 0. The Hall–Kier alpha value is -1.38. The SMILES string of the molecule is CC(C)=CCC/C(C)=C/COC(=O)C=O. The van der Waals surface area contributed by atoms with Crippen molar-refractivity contribution in [3.8, 4) is 0 Å². The number of carbonyl (C=O) groups is 2. The lowest BCUT2D eigenvalue weighted by atomic mass is 10.1. The number of allylic oxidation sites excluding steroid dienone is 3. The van der Waals surface area contributed by atoms with Crippen LogP contribution in [0, 0.1) is 0 Å². The summed E-state index contributed by atoms with van der Waals surface area (Å²) < 4.78 is 4.59. The van der Waals surface area contributed by atoms with Crippen LogP contribution >= 0.6 is 0 Å². The van der Waals surface area contributed by atoms with Gasteiger partial charge in [0.1, 0.15) is 6.61 Å². The third kappa shape index (κ3) is 8.94. The third-order valence-electron chi connectivity index (χ3n) is 1.84. The van der Waals surface area contributed by atoms with E-state index in [4.69, 9.17) is 0 Å². The highest BCUT2D eigenvalue weighted by Gasteiger charge is 1.96. The molecule has 0 aliphatic heterocycles. The summed E-state index contributed by atoms with van der Waals surface area (Å²) in [6.07, 6.45) is 6.09. The molecule has 0 aromatic heterocycles. The highest BCUT2D eigenvalue weighted by molar-refractivity contribution is 6.20. The smallest absolute Gasteiger partial charge is 0.371 e. The molecule has 0 heterocycles. The normalized spacial score (nSPS) is 10.7. The van der Waals surface area contributed by atoms with Crippen molar-refractivity contribution in [2.24, 2.45) is 0 Å². The predicted octanol–water partition coefficient (Wildman–Crippen LogP) is 2.42. The van der Waals surface area contributed by atoms with Crippen LogP contribution in [-0.2, 0) is 14.3 Å². The minimum Gasteiger partial charge on any atom is -0.456 e. The van der Waals surface area contributed by atoms with Crippen LogP contribution in [-0.4, -0.2) is 18.9 Å². The van der Waals surface area contributed by atoms with Gasteiger partial charge < -0.3 is 4.74 Å².